The van der Waals surface area contributed by atoms with Gasteiger partial charge in [0.25, 0.3) is 0 Å². The standard InChI is InChI=1S/C6H6O.C5H5N.Li.H/c7-6-4-2-1-3-5-6;1-2-4-6-5-3-1;;/h1-5,7H;1-5H;;/q;;+1;-1. The van der Waals surface area contributed by atoms with Crippen LogP contribution in [0.1, 0.15) is 1.43 Å². The summed E-state index contributed by atoms with van der Waals surface area (Å²) < 4.78 is 0. The van der Waals surface area contributed by atoms with Crippen molar-refractivity contribution in [3.63, 3.8) is 0 Å². The molecule has 0 aliphatic carbocycles. The molecule has 0 atom stereocenters. The first-order valence-electron chi connectivity index (χ1n) is 3.98. The molecule has 0 fully saturated rings. The van der Waals surface area contributed by atoms with Crippen LogP contribution < -0.4 is 18.9 Å². The van der Waals surface area contributed by atoms with Crippen LogP contribution in [0.3, 0.4) is 0 Å². The molecule has 0 saturated carbocycles. The van der Waals surface area contributed by atoms with Crippen molar-refractivity contribution in [2.24, 2.45) is 0 Å². The number of aromatic hydroxyl groups is 1. The molecular weight excluding hydrogens is 169 g/mol. The number of hydrogen-bond acceptors (Lipinski definition) is 2. The van der Waals surface area contributed by atoms with Crippen LogP contribution in [-0.4, -0.2) is 10.1 Å². The van der Waals surface area contributed by atoms with Gasteiger partial charge < -0.3 is 6.53 Å². The van der Waals surface area contributed by atoms with Gasteiger partial charge >= 0.3 is 18.9 Å². The van der Waals surface area contributed by atoms with E-state index in [0.717, 1.165) is 0 Å². The van der Waals surface area contributed by atoms with Crippen LogP contribution in [0.2, 0.25) is 0 Å². The molecule has 0 bridgehead atoms. The zero-order valence-corrected chi connectivity index (χ0v) is 8.17. The summed E-state index contributed by atoms with van der Waals surface area (Å²) in [6.07, 6.45) is 3.50. The van der Waals surface area contributed by atoms with Gasteiger partial charge in [-0.15, -0.1) is 0 Å². The topological polar surface area (TPSA) is 33.1 Å². The van der Waals surface area contributed by atoms with Crippen molar-refractivity contribution in [3.8, 4) is 5.75 Å². The fourth-order valence-corrected chi connectivity index (χ4v) is 0.741. The average molecular weight is 181 g/mol. The van der Waals surface area contributed by atoms with Crippen LogP contribution in [0.4, 0.5) is 0 Å². The van der Waals surface area contributed by atoms with Gasteiger partial charge in [-0.1, -0.05) is 24.3 Å². The third-order valence-electron chi connectivity index (χ3n) is 1.32. The number of rotatable bonds is 0. The predicted molar refractivity (Wildman–Crippen MR) is 53.5 cm³/mol. The number of pyridine rings is 1. The Morgan fingerprint density at radius 1 is 0.857 bits per heavy atom. The molecule has 3 heteroatoms. The number of phenolic OH excluding ortho intramolecular Hbond substituents is 1. The van der Waals surface area contributed by atoms with E-state index in [0.29, 0.717) is 5.75 Å². The Balaban J connectivity index is 0. The minimum absolute atomic E-state index is 0. The van der Waals surface area contributed by atoms with Gasteiger partial charge in [0.05, 0.1) is 0 Å². The largest absolute Gasteiger partial charge is 1.00 e. The molecular formula is C11H12LiNO. The zero-order valence-electron chi connectivity index (χ0n) is 9.17. The molecule has 2 rings (SSSR count). The van der Waals surface area contributed by atoms with Crippen LogP contribution in [0.15, 0.2) is 60.9 Å². The first-order chi connectivity index (χ1) is 6.39. The Labute approximate surface area is 97.3 Å². The van der Waals surface area contributed by atoms with E-state index in [1.807, 2.05) is 24.3 Å². The second kappa shape index (κ2) is 8.37. The van der Waals surface area contributed by atoms with Gasteiger partial charge in [-0.05, 0) is 24.3 Å². The van der Waals surface area contributed by atoms with E-state index >= 15 is 0 Å². The molecule has 2 aromatic rings. The van der Waals surface area contributed by atoms with Gasteiger partial charge in [-0.2, -0.15) is 0 Å². The van der Waals surface area contributed by atoms with E-state index in [9.17, 15) is 0 Å². The van der Waals surface area contributed by atoms with Crippen molar-refractivity contribution in [2.75, 3.05) is 0 Å². The Hall–Kier alpha value is -1.23. The quantitative estimate of drug-likeness (QED) is 0.560. The smallest absolute Gasteiger partial charge is 1.00 e. The molecule has 0 aliphatic heterocycles. The van der Waals surface area contributed by atoms with Crippen molar-refractivity contribution in [3.05, 3.63) is 60.9 Å². The molecule has 1 aromatic carbocycles. The maximum absolute atomic E-state index is 8.63. The van der Waals surface area contributed by atoms with Crippen LogP contribution in [-0.2, 0) is 0 Å². The summed E-state index contributed by atoms with van der Waals surface area (Å²) in [5, 5.41) is 8.63. The fraction of sp³-hybridized carbons (Fsp3) is 0. The number of para-hydroxylation sites is 1. The van der Waals surface area contributed by atoms with E-state index in [4.69, 9.17) is 5.11 Å². The summed E-state index contributed by atoms with van der Waals surface area (Å²) in [5.41, 5.74) is 0. The van der Waals surface area contributed by atoms with Crippen LogP contribution in [0.5, 0.6) is 5.75 Å². The van der Waals surface area contributed by atoms with Crippen molar-refractivity contribution < 1.29 is 25.4 Å². The van der Waals surface area contributed by atoms with E-state index in [1.165, 1.54) is 0 Å². The number of hydrogen-bond donors (Lipinski definition) is 1. The predicted octanol–water partition coefficient (Wildman–Crippen LogP) is -0.410. The van der Waals surface area contributed by atoms with Gasteiger partial charge in [-0.25, -0.2) is 0 Å². The molecule has 0 radical (unpaired) electrons. The Morgan fingerprint density at radius 3 is 1.57 bits per heavy atom. The van der Waals surface area contributed by atoms with Crippen LogP contribution in [0.25, 0.3) is 0 Å². The Morgan fingerprint density at radius 2 is 1.36 bits per heavy atom. The molecule has 0 unspecified atom stereocenters. The van der Waals surface area contributed by atoms with Crippen molar-refractivity contribution in [1.82, 2.24) is 4.98 Å². The molecule has 0 spiro atoms. The molecule has 68 valence electrons. The molecule has 2 nitrogen and oxygen atoms in total. The first kappa shape index (κ1) is 12.8. The van der Waals surface area contributed by atoms with Crippen molar-refractivity contribution in [1.29, 1.82) is 0 Å². The summed E-state index contributed by atoms with van der Waals surface area (Å²) in [4.78, 5) is 3.78. The zero-order chi connectivity index (χ0) is 9.36. The average Bonchev–Trinajstić information content (AvgIpc) is 2.22. The van der Waals surface area contributed by atoms with Gasteiger partial charge in [0.15, 0.2) is 0 Å². The molecule has 0 aliphatic rings. The minimum Gasteiger partial charge on any atom is -1.00 e. The van der Waals surface area contributed by atoms with E-state index < -0.39 is 0 Å². The maximum atomic E-state index is 8.63. The van der Waals surface area contributed by atoms with Gasteiger partial charge in [0, 0.05) is 12.4 Å². The van der Waals surface area contributed by atoms with E-state index in [-0.39, 0.29) is 20.3 Å². The summed E-state index contributed by atoms with van der Waals surface area (Å²) >= 11 is 0. The third-order valence-corrected chi connectivity index (χ3v) is 1.32. The van der Waals surface area contributed by atoms with Crippen molar-refractivity contribution >= 4 is 0 Å². The number of nitrogens with zero attached hydrogens (tertiary/aromatic N) is 1. The summed E-state index contributed by atoms with van der Waals surface area (Å²) in [5.74, 6) is 0.322. The Kier molecular flexibility index (Phi) is 7.63. The van der Waals surface area contributed by atoms with E-state index in [1.54, 1.807) is 36.7 Å². The monoisotopic (exact) mass is 181 g/mol. The fourth-order valence-electron chi connectivity index (χ4n) is 0.741. The number of phenols is 1. The SMILES string of the molecule is Oc1ccccc1.[H-].[Li+].c1ccncc1. The van der Waals surface area contributed by atoms with Gasteiger partial charge in [0.1, 0.15) is 5.75 Å². The van der Waals surface area contributed by atoms with Gasteiger partial charge in [-0.3, -0.25) is 4.98 Å². The molecule has 0 saturated heterocycles. The minimum atomic E-state index is 0. The summed E-state index contributed by atoms with van der Waals surface area (Å²) in [6.45, 7) is 0. The summed E-state index contributed by atoms with van der Waals surface area (Å²) in [6, 6.07) is 14.4. The van der Waals surface area contributed by atoms with Crippen LogP contribution >= 0.6 is 0 Å². The number of aromatic nitrogens is 1. The third kappa shape index (κ3) is 6.30. The molecule has 1 aromatic heterocycles. The number of benzene rings is 1. The molecule has 14 heavy (non-hydrogen) atoms. The van der Waals surface area contributed by atoms with Crippen LogP contribution in [0, 0.1) is 0 Å². The maximum Gasteiger partial charge on any atom is 1.00 e. The first-order valence-corrected chi connectivity index (χ1v) is 3.98. The Bertz CT molecular complexity index is 291. The van der Waals surface area contributed by atoms with Gasteiger partial charge in [0.2, 0.25) is 0 Å². The molecule has 0 amide bonds. The molecule has 1 N–H and O–H groups in total. The normalized spacial score (nSPS) is 7.71. The second-order valence-corrected chi connectivity index (χ2v) is 2.36. The second-order valence-electron chi connectivity index (χ2n) is 2.36. The summed E-state index contributed by atoms with van der Waals surface area (Å²) in [7, 11) is 0. The molecule has 1 heterocycles. The van der Waals surface area contributed by atoms with Crippen molar-refractivity contribution in [2.45, 2.75) is 0 Å². The van der Waals surface area contributed by atoms with E-state index in [2.05, 4.69) is 4.98 Å².